The Balaban J connectivity index is 2.32. The van der Waals surface area contributed by atoms with Crippen LogP contribution in [0.3, 0.4) is 0 Å². The number of nitrogens with two attached hydrogens (primary N) is 1. The summed E-state index contributed by atoms with van der Waals surface area (Å²) in [4.78, 5) is 3.77. The molecule has 0 fully saturated rings. The summed E-state index contributed by atoms with van der Waals surface area (Å²) in [6.07, 6.45) is 1.39. The Morgan fingerprint density at radius 3 is 2.58 bits per heavy atom. The molecule has 0 aliphatic heterocycles. The van der Waals surface area contributed by atoms with E-state index in [-0.39, 0.29) is 10.6 Å². The number of nitrogens with one attached hydrogen (secondary N) is 1. The summed E-state index contributed by atoms with van der Waals surface area (Å²) in [5.74, 6) is -0.773. The summed E-state index contributed by atoms with van der Waals surface area (Å²) >= 11 is 0. The van der Waals surface area contributed by atoms with E-state index in [9.17, 15) is 12.8 Å². The molecular formula is C12H12FN3O2S. The second-order valence-electron chi connectivity index (χ2n) is 3.98. The van der Waals surface area contributed by atoms with E-state index in [1.165, 1.54) is 18.3 Å². The SMILES string of the molecule is Cc1ccc(NS(=O)(=O)c2ccc(N)c(F)c2)cn1. The van der Waals surface area contributed by atoms with Crippen molar-refractivity contribution in [1.29, 1.82) is 0 Å². The van der Waals surface area contributed by atoms with Crippen molar-refractivity contribution in [3.05, 3.63) is 48.0 Å². The molecule has 7 heteroatoms. The van der Waals surface area contributed by atoms with Crippen molar-refractivity contribution < 1.29 is 12.8 Å². The summed E-state index contributed by atoms with van der Waals surface area (Å²) in [6, 6.07) is 6.56. The number of aryl methyl sites for hydroxylation is 1. The van der Waals surface area contributed by atoms with Crippen LogP contribution in [0.25, 0.3) is 0 Å². The van der Waals surface area contributed by atoms with Crippen LogP contribution >= 0.6 is 0 Å². The number of benzene rings is 1. The molecule has 19 heavy (non-hydrogen) atoms. The molecule has 0 aliphatic rings. The minimum absolute atomic E-state index is 0.101. The van der Waals surface area contributed by atoms with Crippen molar-refractivity contribution in [2.24, 2.45) is 0 Å². The zero-order chi connectivity index (χ0) is 14.0. The fourth-order valence-electron chi connectivity index (χ4n) is 1.42. The average molecular weight is 281 g/mol. The van der Waals surface area contributed by atoms with Crippen LogP contribution in [-0.4, -0.2) is 13.4 Å². The van der Waals surface area contributed by atoms with Gasteiger partial charge < -0.3 is 5.73 Å². The third kappa shape index (κ3) is 3.00. The predicted octanol–water partition coefficient (Wildman–Crippen LogP) is 1.91. The third-order valence-corrected chi connectivity index (χ3v) is 3.82. The van der Waals surface area contributed by atoms with Crippen LogP contribution in [0.1, 0.15) is 5.69 Å². The van der Waals surface area contributed by atoms with Crippen molar-refractivity contribution in [3.8, 4) is 0 Å². The Morgan fingerprint density at radius 1 is 1.26 bits per heavy atom. The number of halogens is 1. The average Bonchev–Trinajstić information content (AvgIpc) is 2.35. The van der Waals surface area contributed by atoms with Gasteiger partial charge in [0.2, 0.25) is 0 Å². The first-order valence-corrected chi connectivity index (χ1v) is 6.87. The normalized spacial score (nSPS) is 11.3. The molecule has 0 saturated heterocycles. The Hall–Kier alpha value is -2.15. The second-order valence-corrected chi connectivity index (χ2v) is 5.66. The maximum atomic E-state index is 13.3. The molecule has 0 radical (unpaired) electrons. The number of pyridine rings is 1. The van der Waals surface area contributed by atoms with E-state index in [0.717, 1.165) is 11.8 Å². The van der Waals surface area contributed by atoms with Gasteiger partial charge in [0, 0.05) is 5.69 Å². The zero-order valence-electron chi connectivity index (χ0n) is 10.1. The first-order chi connectivity index (χ1) is 8.88. The van der Waals surface area contributed by atoms with Gasteiger partial charge in [-0.25, -0.2) is 12.8 Å². The lowest BCUT2D eigenvalue weighted by molar-refractivity contribution is 0.596. The van der Waals surface area contributed by atoms with Gasteiger partial charge in [0.15, 0.2) is 0 Å². The highest BCUT2D eigenvalue weighted by atomic mass is 32.2. The van der Waals surface area contributed by atoms with Gasteiger partial charge in [0.25, 0.3) is 10.0 Å². The second kappa shape index (κ2) is 4.85. The Bertz CT molecular complexity index is 699. The van der Waals surface area contributed by atoms with Crippen molar-refractivity contribution in [2.75, 3.05) is 10.5 Å². The monoisotopic (exact) mass is 281 g/mol. The van der Waals surface area contributed by atoms with Crippen LogP contribution in [0.15, 0.2) is 41.4 Å². The number of rotatable bonds is 3. The number of hydrogen-bond acceptors (Lipinski definition) is 4. The molecule has 0 aliphatic carbocycles. The smallest absolute Gasteiger partial charge is 0.262 e. The fraction of sp³-hybridized carbons (Fsp3) is 0.0833. The Kier molecular flexibility index (Phi) is 3.39. The molecule has 0 spiro atoms. The van der Waals surface area contributed by atoms with Crippen molar-refractivity contribution >= 4 is 21.4 Å². The van der Waals surface area contributed by atoms with Gasteiger partial charge in [-0.1, -0.05) is 0 Å². The summed E-state index contributed by atoms with van der Waals surface area (Å²) in [5, 5.41) is 0. The lowest BCUT2D eigenvalue weighted by Crippen LogP contribution is -2.13. The van der Waals surface area contributed by atoms with Crippen molar-refractivity contribution in [3.63, 3.8) is 0 Å². The minimum atomic E-state index is -3.85. The standard InChI is InChI=1S/C12H12FN3O2S/c1-8-2-3-9(7-15-8)16-19(17,18)10-4-5-12(14)11(13)6-10/h2-7,16H,14H2,1H3. The van der Waals surface area contributed by atoms with Crippen LogP contribution in [0, 0.1) is 12.7 Å². The zero-order valence-corrected chi connectivity index (χ0v) is 10.9. The highest BCUT2D eigenvalue weighted by Crippen LogP contribution is 2.19. The van der Waals surface area contributed by atoms with Gasteiger partial charge in [-0.2, -0.15) is 0 Å². The van der Waals surface area contributed by atoms with Gasteiger partial charge in [0.05, 0.1) is 22.5 Å². The molecule has 0 bridgehead atoms. The largest absolute Gasteiger partial charge is 0.396 e. The number of sulfonamides is 1. The number of nitrogens with zero attached hydrogens (tertiary/aromatic N) is 1. The molecule has 0 amide bonds. The van der Waals surface area contributed by atoms with Crippen LogP contribution in [0.2, 0.25) is 0 Å². The molecule has 2 rings (SSSR count). The van der Waals surface area contributed by atoms with Gasteiger partial charge in [-0.15, -0.1) is 0 Å². The van der Waals surface area contributed by atoms with Gasteiger partial charge in [-0.3, -0.25) is 9.71 Å². The number of aromatic nitrogens is 1. The van der Waals surface area contributed by atoms with Gasteiger partial charge in [0.1, 0.15) is 5.82 Å². The van der Waals surface area contributed by atoms with Crippen LogP contribution in [0.5, 0.6) is 0 Å². The van der Waals surface area contributed by atoms with Gasteiger partial charge >= 0.3 is 0 Å². The molecule has 2 aromatic rings. The highest BCUT2D eigenvalue weighted by Gasteiger charge is 2.16. The predicted molar refractivity (Wildman–Crippen MR) is 70.6 cm³/mol. The lowest BCUT2D eigenvalue weighted by Gasteiger charge is -2.08. The summed E-state index contributed by atoms with van der Waals surface area (Å²) < 4.78 is 39.6. The summed E-state index contributed by atoms with van der Waals surface area (Å²) in [6.45, 7) is 1.79. The molecule has 1 heterocycles. The van der Waals surface area contributed by atoms with E-state index in [1.54, 1.807) is 19.1 Å². The molecule has 3 N–H and O–H groups in total. The van der Waals surface area contributed by atoms with E-state index in [0.29, 0.717) is 5.69 Å². The van der Waals surface area contributed by atoms with E-state index in [1.807, 2.05) is 0 Å². The van der Waals surface area contributed by atoms with Gasteiger partial charge in [-0.05, 0) is 37.3 Å². The first-order valence-electron chi connectivity index (χ1n) is 5.39. The van der Waals surface area contributed by atoms with E-state index in [4.69, 9.17) is 5.73 Å². The number of anilines is 2. The third-order valence-electron chi connectivity index (χ3n) is 2.45. The van der Waals surface area contributed by atoms with Crippen LogP contribution in [0.4, 0.5) is 15.8 Å². The maximum Gasteiger partial charge on any atom is 0.262 e. The maximum absolute atomic E-state index is 13.3. The van der Waals surface area contributed by atoms with Crippen molar-refractivity contribution in [2.45, 2.75) is 11.8 Å². The molecular weight excluding hydrogens is 269 g/mol. The fourth-order valence-corrected chi connectivity index (χ4v) is 2.47. The molecule has 1 aromatic heterocycles. The van der Waals surface area contributed by atoms with Crippen LogP contribution < -0.4 is 10.5 Å². The topological polar surface area (TPSA) is 85.1 Å². The molecule has 0 unspecified atom stereocenters. The minimum Gasteiger partial charge on any atom is -0.396 e. The first kappa shape index (κ1) is 13.3. The molecule has 1 aromatic carbocycles. The molecule has 5 nitrogen and oxygen atoms in total. The van der Waals surface area contributed by atoms with E-state index < -0.39 is 15.8 Å². The molecule has 100 valence electrons. The van der Waals surface area contributed by atoms with E-state index in [2.05, 4.69) is 9.71 Å². The summed E-state index contributed by atoms with van der Waals surface area (Å²) in [5.41, 5.74) is 6.27. The van der Waals surface area contributed by atoms with E-state index >= 15 is 0 Å². The highest BCUT2D eigenvalue weighted by molar-refractivity contribution is 7.92. The Morgan fingerprint density at radius 2 is 2.00 bits per heavy atom. The number of nitrogen functional groups attached to an aromatic ring is 1. The number of hydrogen-bond donors (Lipinski definition) is 2. The lowest BCUT2D eigenvalue weighted by atomic mass is 10.3. The summed E-state index contributed by atoms with van der Waals surface area (Å²) in [7, 11) is -3.85. The molecule has 0 atom stereocenters. The Labute approximate surface area is 110 Å². The molecule has 0 saturated carbocycles. The van der Waals surface area contributed by atoms with Crippen LogP contribution in [-0.2, 0) is 10.0 Å². The quantitative estimate of drug-likeness (QED) is 0.842. The van der Waals surface area contributed by atoms with Crippen molar-refractivity contribution in [1.82, 2.24) is 4.98 Å².